The lowest BCUT2D eigenvalue weighted by Gasteiger charge is -2.42. The third kappa shape index (κ3) is 12.2. The van der Waals surface area contributed by atoms with Gasteiger partial charge in [0.1, 0.15) is 42.7 Å². The highest BCUT2D eigenvalue weighted by Gasteiger charge is 2.47. The molecule has 12 heteroatoms. The number of amides is 1. The van der Waals surface area contributed by atoms with E-state index in [0.29, 0.717) is 13.0 Å². The van der Waals surface area contributed by atoms with Crippen molar-refractivity contribution in [3.8, 4) is 0 Å². The standard InChI is InChI=1S/C27H53NO11/c1-3-4-5-6-7-8-9-10-11-12-13-14-15-28(2)26(37)23(35)22(34)25(18(31)16-29)39-27-24(36)21(33)20(32)19(17-30)38-27/h18-25,27,29-36H,3-17H2,1-2H3/t18-,19-,20+,21+,22-,23-,24-,25-,27+/m1/s1. The fourth-order valence-electron chi connectivity index (χ4n) is 4.69. The molecule has 1 aliphatic heterocycles. The number of hydrogen-bond acceptors (Lipinski definition) is 11. The lowest BCUT2D eigenvalue weighted by Crippen LogP contribution is -2.62. The molecule has 0 aromatic carbocycles. The predicted molar refractivity (Wildman–Crippen MR) is 142 cm³/mol. The van der Waals surface area contributed by atoms with E-state index in [2.05, 4.69) is 6.92 Å². The molecule has 12 nitrogen and oxygen atoms in total. The molecule has 0 spiro atoms. The Labute approximate surface area is 232 Å². The van der Waals surface area contributed by atoms with Crippen molar-refractivity contribution < 1.29 is 55.1 Å². The van der Waals surface area contributed by atoms with Gasteiger partial charge in [-0.15, -0.1) is 0 Å². The quantitative estimate of drug-likeness (QED) is 0.0824. The Morgan fingerprint density at radius 3 is 1.82 bits per heavy atom. The van der Waals surface area contributed by atoms with E-state index in [1.54, 1.807) is 0 Å². The first kappa shape index (κ1) is 36.1. The van der Waals surface area contributed by atoms with Gasteiger partial charge in [-0.25, -0.2) is 0 Å². The van der Waals surface area contributed by atoms with Crippen molar-refractivity contribution in [3.63, 3.8) is 0 Å². The molecule has 39 heavy (non-hydrogen) atoms. The minimum Gasteiger partial charge on any atom is -0.394 e. The van der Waals surface area contributed by atoms with Gasteiger partial charge in [0.05, 0.1) is 13.2 Å². The van der Waals surface area contributed by atoms with Crippen molar-refractivity contribution in [3.05, 3.63) is 0 Å². The van der Waals surface area contributed by atoms with Crippen molar-refractivity contribution in [2.24, 2.45) is 0 Å². The lowest BCUT2D eigenvalue weighted by atomic mass is 9.98. The van der Waals surface area contributed by atoms with Crippen LogP contribution >= 0.6 is 0 Å². The number of nitrogens with zero attached hydrogens (tertiary/aromatic N) is 1. The van der Waals surface area contributed by atoms with Gasteiger partial charge in [0.25, 0.3) is 5.91 Å². The molecule has 9 atom stereocenters. The molecule has 232 valence electrons. The van der Waals surface area contributed by atoms with Gasteiger partial charge in [0.15, 0.2) is 12.4 Å². The number of aliphatic hydroxyl groups excluding tert-OH is 8. The highest BCUT2D eigenvalue weighted by atomic mass is 16.7. The van der Waals surface area contributed by atoms with Gasteiger partial charge >= 0.3 is 0 Å². The highest BCUT2D eigenvalue weighted by molar-refractivity contribution is 5.81. The number of hydrogen-bond donors (Lipinski definition) is 8. The van der Waals surface area contributed by atoms with E-state index in [4.69, 9.17) is 9.47 Å². The van der Waals surface area contributed by atoms with Crippen LogP contribution in [-0.4, -0.2) is 134 Å². The molecule has 0 radical (unpaired) electrons. The van der Waals surface area contributed by atoms with Gasteiger partial charge in [-0.1, -0.05) is 77.6 Å². The number of carbonyl (C=O) groups is 1. The monoisotopic (exact) mass is 567 g/mol. The van der Waals surface area contributed by atoms with Crippen LogP contribution in [0.4, 0.5) is 0 Å². The van der Waals surface area contributed by atoms with E-state index in [-0.39, 0.29) is 0 Å². The zero-order valence-electron chi connectivity index (χ0n) is 23.6. The van der Waals surface area contributed by atoms with Crippen LogP contribution in [0.3, 0.4) is 0 Å². The first-order valence-corrected chi connectivity index (χ1v) is 14.5. The van der Waals surface area contributed by atoms with Crippen LogP contribution in [0.2, 0.25) is 0 Å². The fourth-order valence-corrected chi connectivity index (χ4v) is 4.69. The second kappa shape index (κ2) is 20.0. The topological polar surface area (TPSA) is 201 Å². The summed E-state index contributed by atoms with van der Waals surface area (Å²) in [6.07, 6.45) is -2.00. The fraction of sp³-hybridized carbons (Fsp3) is 0.963. The summed E-state index contributed by atoms with van der Waals surface area (Å²) >= 11 is 0. The number of rotatable bonds is 21. The summed E-state index contributed by atoms with van der Waals surface area (Å²) in [4.78, 5) is 14.0. The summed E-state index contributed by atoms with van der Waals surface area (Å²) in [6.45, 7) is 0.909. The van der Waals surface area contributed by atoms with Gasteiger partial charge in [-0.3, -0.25) is 4.79 Å². The summed E-state index contributed by atoms with van der Waals surface area (Å²) in [5, 5.41) is 80.1. The van der Waals surface area contributed by atoms with Crippen molar-refractivity contribution in [2.75, 3.05) is 26.8 Å². The van der Waals surface area contributed by atoms with Crippen LogP contribution in [0, 0.1) is 0 Å². The Balaban J connectivity index is 2.48. The third-order valence-corrected chi connectivity index (χ3v) is 7.34. The van der Waals surface area contributed by atoms with E-state index in [0.717, 1.165) is 19.3 Å². The van der Waals surface area contributed by atoms with Gasteiger partial charge in [0, 0.05) is 13.6 Å². The molecule has 1 aliphatic rings. The van der Waals surface area contributed by atoms with Gasteiger partial charge in [-0.2, -0.15) is 0 Å². The SMILES string of the molecule is CCCCCCCCCCCCCCN(C)C(=O)[C@H](O)[C@@H](O)[C@H](O[C@@H]1O[C@H](CO)[C@H](O)[C@H](O)[C@H]1O)[C@H](O)CO. The second-order valence-electron chi connectivity index (χ2n) is 10.6. The molecule has 1 amide bonds. The number of ether oxygens (including phenoxy) is 2. The minimum absolute atomic E-state index is 0.348. The molecule has 0 saturated carbocycles. The zero-order chi connectivity index (χ0) is 29.4. The number of aliphatic hydroxyl groups is 8. The molecule has 1 rings (SSSR count). The van der Waals surface area contributed by atoms with E-state index in [9.17, 15) is 45.6 Å². The van der Waals surface area contributed by atoms with E-state index < -0.39 is 74.2 Å². The highest BCUT2D eigenvalue weighted by Crippen LogP contribution is 2.25. The van der Waals surface area contributed by atoms with Crippen LogP contribution < -0.4 is 0 Å². The first-order valence-electron chi connectivity index (χ1n) is 14.5. The summed E-state index contributed by atoms with van der Waals surface area (Å²) in [5.74, 6) is -0.821. The Morgan fingerprint density at radius 2 is 1.33 bits per heavy atom. The molecule has 0 aromatic rings. The predicted octanol–water partition coefficient (Wildman–Crippen LogP) is -0.594. The Kier molecular flexibility index (Phi) is 18.5. The van der Waals surface area contributed by atoms with Crippen molar-refractivity contribution in [1.29, 1.82) is 0 Å². The van der Waals surface area contributed by atoms with Crippen LogP contribution in [0.25, 0.3) is 0 Å². The van der Waals surface area contributed by atoms with E-state index in [1.807, 2.05) is 0 Å². The number of likely N-dealkylation sites (N-methyl/N-ethyl adjacent to an activating group) is 1. The normalized spacial score (nSPS) is 26.7. The molecule has 1 heterocycles. The minimum atomic E-state index is -2.03. The zero-order valence-corrected chi connectivity index (χ0v) is 23.6. The van der Waals surface area contributed by atoms with Crippen LogP contribution in [0.15, 0.2) is 0 Å². The molecule has 8 N–H and O–H groups in total. The van der Waals surface area contributed by atoms with Crippen LogP contribution in [0.5, 0.6) is 0 Å². The van der Waals surface area contributed by atoms with Gasteiger partial charge in [0.2, 0.25) is 0 Å². The molecule has 0 aliphatic carbocycles. The van der Waals surface area contributed by atoms with Crippen molar-refractivity contribution >= 4 is 5.91 Å². The molecule has 0 aromatic heterocycles. The number of unbranched alkanes of at least 4 members (excludes halogenated alkanes) is 11. The van der Waals surface area contributed by atoms with Crippen LogP contribution in [-0.2, 0) is 14.3 Å². The first-order chi connectivity index (χ1) is 18.6. The average Bonchev–Trinajstić information content (AvgIpc) is 2.94. The second-order valence-corrected chi connectivity index (χ2v) is 10.6. The molecular weight excluding hydrogens is 514 g/mol. The van der Waals surface area contributed by atoms with Crippen molar-refractivity contribution in [2.45, 2.75) is 139 Å². The molecular formula is C27H53NO11. The molecule has 0 bridgehead atoms. The Morgan fingerprint density at radius 1 is 0.821 bits per heavy atom. The Hall–Kier alpha value is -0.930. The van der Waals surface area contributed by atoms with E-state index in [1.165, 1.54) is 63.3 Å². The molecule has 1 saturated heterocycles. The largest absolute Gasteiger partial charge is 0.394 e. The maximum absolute atomic E-state index is 12.7. The summed E-state index contributed by atoms with van der Waals surface area (Å²) < 4.78 is 10.6. The van der Waals surface area contributed by atoms with Gasteiger partial charge < -0.3 is 55.2 Å². The van der Waals surface area contributed by atoms with Gasteiger partial charge in [-0.05, 0) is 6.42 Å². The van der Waals surface area contributed by atoms with E-state index >= 15 is 0 Å². The smallest absolute Gasteiger partial charge is 0.253 e. The summed E-state index contributed by atoms with van der Waals surface area (Å²) in [5.41, 5.74) is 0. The molecule has 1 fully saturated rings. The number of carbonyl (C=O) groups excluding carboxylic acids is 1. The third-order valence-electron chi connectivity index (χ3n) is 7.34. The Bertz CT molecular complexity index is 641. The summed E-state index contributed by atoms with van der Waals surface area (Å²) in [7, 11) is 1.48. The maximum Gasteiger partial charge on any atom is 0.253 e. The molecule has 0 unspecified atom stereocenters. The lowest BCUT2D eigenvalue weighted by molar-refractivity contribution is -0.326. The van der Waals surface area contributed by atoms with Crippen molar-refractivity contribution in [1.82, 2.24) is 4.90 Å². The van der Waals surface area contributed by atoms with Crippen LogP contribution in [0.1, 0.15) is 84.0 Å². The average molecular weight is 568 g/mol. The maximum atomic E-state index is 12.7. The summed E-state index contributed by atoms with van der Waals surface area (Å²) in [6, 6.07) is 0.